The number of fused-ring (bicyclic) bond motifs is 1. The van der Waals surface area contributed by atoms with Gasteiger partial charge in [-0.3, -0.25) is 4.79 Å². The van der Waals surface area contributed by atoms with Gasteiger partial charge in [-0.15, -0.1) is 0 Å². The molecule has 0 bridgehead atoms. The molecule has 7 nitrogen and oxygen atoms in total. The highest BCUT2D eigenvalue weighted by molar-refractivity contribution is 5.94. The molecule has 2 saturated heterocycles. The number of pyridine rings is 3. The lowest BCUT2D eigenvalue weighted by Gasteiger charge is -2.44. The summed E-state index contributed by atoms with van der Waals surface area (Å²) in [7, 11) is 0. The van der Waals surface area contributed by atoms with Crippen molar-refractivity contribution in [2.45, 2.75) is 45.4 Å². The van der Waals surface area contributed by atoms with Crippen LogP contribution in [-0.2, 0) is 4.74 Å². The van der Waals surface area contributed by atoms with Crippen LogP contribution in [0.1, 0.15) is 51.0 Å². The number of piperidine rings is 1. The highest BCUT2D eigenvalue weighted by Crippen LogP contribution is 2.41. The minimum atomic E-state index is -0.353. The number of nitrogens with zero attached hydrogens (tertiary/aromatic N) is 3. The van der Waals surface area contributed by atoms with Crippen molar-refractivity contribution in [2.75, 3.05) is 36.5 Å². The Bertz CT molecular complexity index is 1530. The molecule has 1 aromatic carbocycles. The van der Waals surface area contributed by atoms with Crippen molar-refractivity contribution in [3.63, 3.8) is 0 Å². The van der Waals surface area contributed by atoms with Gasteiger partial charge >= 0.3 is 0 Å². The number of nitrogens with one attached hydrogen (secondary N) is 2. The van der Waals surface area contributed by atoms with Crippen molar-refractivity contribution < 1.29 is 9.13 Å². The van der Waals surface area contributed by atoms with Crippen molar-refractivity contribution in [1.29, 1.82) is 0 Å². The van der Waals surface area contributed by atoms with Gasteiger partial charge in [-0.25, -0.2) is 14.4 Å². The predicted molar refractivity (Wildman–Crippen MR) is 153 cm³/mol. The van der Waals surface area contributed by atoms with E-state index in [2.05, 4.69) is 45.1 Å². The number of hydrogen-bond donors (Lipinski definition) is 2. The number of anilines is 3. The molecule has 6 rings (SSSR count). The van der Waals surface area contributed by atoms with Crippen molar-refractivity contribution in [3.05, 3.63) is 76.6 Å². The Morgan fingerprint density at radius 3 is 2.56 bits per heavy atom. The highest BCUT2D eigenvalue weighted by atomic mass is 19.1. The van der Waals surface area contributed by atoms with E-state index in [-0.39, 0.29) is 17.3 Å². The molecule has 2 fully saturated rings. The molecule has 39 heavy (non-hydrogen) atoms. The number of aromatic amines is 1. The van der Waals surface area contributed by atoms with Gasteiger partial charge in [0.25, 0.3) is 5.56 Å². The Morgan fingerprint density at radius 1 is 1.05 bits per heavy atom. The first-order valence-corrected chi connectivity index (χ1v) is 13.8. The Balaban J connectivity index is 1.28. The molecule has 2 aliphatic heterocycles. The number of hydrogen-bond acceptors (Lipinski definition) is 6. The quantitative estimate of drug-likeness (QED) is 0.313. The van der Waals surface area contributed by atoms with Crippen LogP contribution in [0.15, 0.2) is 59.7 Å². The van der Waals surface area contributed by atoms with E-state index in [1.807, 2.05) is 18.3 Å². The average Bonchev–Trinajstić information content (AvgIpc) is 2.94. The summed E-state index contributed by atoms with van der Waals surface area (Å²) < 4.78 is 20.5. The van der Waals surface area contributed by atoms with E-state index in [0.29, 0.717) is 39.1 Å². The molecule has 4 aromatic rings. The number of benzene rings is 1. The molecule has 0 amide bonds. The van der Waals surface area contributed by atoms with Crippen LogP contribution in [-0.4, -0.2) is 41.3 Å². The van der Waals surface area contributed by atoms with Gasteiger partial charge in [0.05, 0.1) is 34.2 Å². The van der Waals surface area contributed by atoms with Crippen LogP contribution in [0.5, 0.6) is 0 Å². The summed E-state index contributed by atoms with van der Waals surface area (Å²) in [5, 5.41) is 3.71. The lowest BCUT2D eigenvalue weighted by atomic mass is 9.72. The topological polar surface area (TPSA) is 83.1 Å². The van der Waals surface area contributed by atoms with Gasteiger partial charge in [0.2, 0.25) is 0 Å². The molecule has 0 unspecified atom stereocenters. The maximum absolute atomic E-state index is 14.9. The summed E-state index contributed by atoms with van der Waals surface area (Å²) >= 11 is 0. The molecule has 5 heterocycles. The van der Waals surface area contributed by atoms with Crippen molar-refractivity contribution in [3.8, 4) is 11.3 Å². The molecule has 1 spiro atoms. The number of halogens is 1. The first-order valence-electron chi connectivity index (χ1n) is 13.8. The highest BCUT2D eigenvalue weighted by Gasteiger charge is 2.36. The number of ether oxygens (including phenoxy) is 1. The molecule has 0 saturated carbocycles. The maximum atomic E-state index is 14.9. The smallest absolute Gasteiger partial charge is 0.259 e. The molecule has 8 heteroatoms. The minimum absolute atomic E-state index is 0.245. The minimum Gasteiger partial charge on any atom is -0.381 e. The standard InChI is InChI=1S/C31H34FN5O2/c1-20(2)21-3-5-24(32)23(17-21)26-18-27(29-25(35-26)7-12-33-30(29)38)36-28-6-4-22(19-34-28)37-13-8-31(9-14-37)10-15-39-16-11-31/h3-7,12,17-20H,8-11,13-16H2,1-2H3,(H,33,38)(H,34,35,36). The molecule has 202 valence electrons. The fourth-order valence-electron chi connectivity index (χ4n) is 5.86. The second-order valence-electron chi connectivity index (χ2n) is 11.1. The summed E-state index contributed by atoms with van der Waals surface area (Å²) in [5.74, 6) is 0.499. The van der Waals surface area contributed by atoms with Gasteiger partial charge in [0, 0.05) is 38.1 Å². The Kier molecular flexibility index (Phi) is 6.81. The Morgan fingerprint density at radius 2 is 1.85 bits per heavy atom. The average molecular weight is 528 g/mol. The predicted octanol–water partition coefficient (Wildman–Crippen LogP) is 6.39. The molecule has 0 radical (unpaired) electrons. The van der Waals surface area contributed by atoms with E-state index in [9.17, 15) is 9.18 Å². The molecular formula is C31H34FN5O2. The fourth-order valence-corrected chi connectivity index (χ4v) is 5.86. The monoisotopic (exact) mass is 527 g/mol. The number of H-pyrrole nitrogens is 1. The fraction of sp³-hybridized carbons (Fsp3) is 0.387. The van der Waals surface area contributed by atoms with Crippen LogP contribution < -0.4 is 15.8 Å². The van der Waals surface area contributed by atoms with Gasteiger partial charge < -0.3 is 19.9 Å². The molecule has 2 aliphatic rings. The Labute approximate surface area is 227 Å². The summed E-state index contributed by atoms with van der Waals surface area (Å²) in [4.78, 5) is 27.2. The van der Waals surface area contributed by atoms with Crippen LogP contribution in [0.3, 0.4) is 0 Å². The lowest BCUT2D eigenvalue weighted by molar-refractivity contribution is 0.00212. The molecule has 0 atom stereocenters. The summed E-state index contributed by atoms with van der Waals surface area (Å²) in [6.07, 6.45) is 8.12. The SMILES string of the molecule is CC(C)c1ccc(F)c(-c2cc(Nc3ccc(N4CCC5(CCOCC5)CC4)cn3)c3c(=O)[nH]ccc3n2)c1. The normalized spacial score (nSPS) is 17.2. The summed E-state index contributed by atoms with van der Waals surface area (Å²) in [6.45, 7) is 7.93. The zero-order valence-corrected chi connectivity index (χ0v) is 22.5. The van der Waals surface area contributed by atoms with Gasteiger partial charge in [0.15, 0.2) is 0 Å². The van der Waals surface area contributed by atoms with Crippen molar-refractivity contribution >= 4 is 28.1 Å². The van der Waals surface area contributed by atoms with Gasteiger partial charge in [-0.2, -0.15) is 0 Å². The van der Waals surface area contributed by atoms with Crippen LogP contribution in [0.2, 0.25) is 0 Å². The zero-order valence-electron chi connectivity index (χ0n) is 22.5. The second kappa shape index (κ2) is 10.4. The Hall–Kier alpha value is -3.78. The van der Waals surface area contributed by atoms with E-state index in [0.717, 1.165) is 50.4 Å². The van der Waals surface area contributed by atoms with Crippen LogP contribution in [0.25, 0.3) is 22.2 Å². The second-order valence-corrected chi connectivity index (χ2v) is 11.1. The van der Waals surface area contributed by atoms with Crippen molar-refractivity contribution in [2.24, 2.45) is 5.41 Å². The van der Waals surface area contributed by atoms with Crippen LogP contribution in [0, 0.1) is 11.2 Å². The third kappa shape index (κ3) is 5.13. The first kappa shape index (κ1) is 25.5. The largest absolute Gasteiger partial charge is 0.381 e. The summed E-state index contributed by atoms with van der Waals surface area (Å²) in [6, 6.07) is 12.6. The number of aromatic nitrogens is 3. The van der Waals surface area contributed by atoms with Gasteiger partial charge in [-0.1, -0.05) is 19.9 Å². The van der Waals surface area contributed by atoms with E-state index >= 15 is 0 Å². The third-order valence-electron chi connectivity index (χ3n) is 8.42. The summed E-state index contributed by atoms with van der Waals surface area (Å²) in [5.41, 5.74) is 4.16. The molecule has 2 N–H and O–H groups in total. The van der Waals surface area contributed by atoms with E-state index < -0.39 is 0 Å². The first-order chi connectivity index (χ1) is 18.9. The molecular weight excluding hydrogens is 493 g/mol. The van der Waals surface area contributed by atoms with Crippen molar-refractivity contribution in [1.82, 2.24) is 15.0 Å². The van der Waals surface area contributed by atoms with E-state index in [1.165, 1.54) is 18.9 Å². The lowest BCUT2D eigenvalue weighted by Crippen LogP contribution is -2.43. The van der Waals surface area contributed by atoms with Crippen LogP contribution >= 0.6 is 0 Å². The zero-order chi connectivity index (χ0) is 27.0. The van der Waals surface area contributed by atoms with E-state index in [4.69, 9.17) is 4.74 Å². The van der Waals surface area contributed by atoms with Gasteiger partial charge in [0.1, 0.15) is 11.6 Å². The third-order valence-corrected chi connectivity index (χ3v) is 8.42. The molecule has 3 aromatic heterocycles. The van der Waals surface area contributed by atoms with Gasteiger partial charge in [-0.05, 0) is 79.0 Å². The van der Waals surface area contributed by atoms with Crippen LogP contribution in [0.4, 0.5) is 21.6 Å². The van der Waals surface area contributed by atoms with E-state index in [1.54, 1.807) is 24.4 Å². The number of rotatable bonds is 5. The molecule has 0 aliphatic carbocycles. The maximum Gasteiger partial charge on any atom is 0.259 e.